The minimum Gasteiger partial charge on any atom is -0.480 e. The van der Waals surface area contributed by atoms with E-state index in [9.17, 15) is 14.7 Å². The van der Waals surface area contributed by atoms with Crippen molar-refractivity contribution in [2.24, 2.45) is 0 Å². The van der Waals surface area contributed by atoms with Gasteiger partial charge in [-0.1, -0.05) is 13.8 Å². The summed E-state index contributed by atoms with van der Waals surface area (Å²) in [6.45, 7) is 9.90. The van der Waals surface area contributed by atoms with Gasteiger partial charge in [-0.15, -0.1) is 0 Å². The fraction of sp³-hybridized carbons (Fsp3) is 0.867. The second kappa shape index (κ2) is 6.22. The Kier molecular flexibility index (Phi) is 4.76. The average Bonchev–Trinajstić information content (AvgIpc) is 3.07. The van der Waals surface area contributed by atoms with Crippen molar-refractivity contribution in [1.82, 2.24) is 14.7 Å². The molecule has 2 amide bonds. The van der Waals surface area contributed by atoms with Crippen LogP contribution < -0.4 is 0 Å². The van der Waals surface area contributed by atoms with Gasteiger partial charge in [0, 0.05) is 25.7 Å². The Labute approximate surface area is 126 Å². The van der Waals surface area contributed by atoms with Gasteiger partial charge < -0.3 is 14.9 Å². The Hall–Kier alpha value is -1.30. The number of likely N-dealkylation sites (tertiary alicyclic amines) is 2. The maximum Gasteiger partial charge on any atom is 0.329 e. The van der Waals surface area contributed by atoms with Crippen LogP contribution in [0, 0.1) is 0 Å². The summed E-state index contributed by atoms with van der Waals surface area (Å²) >= 11 is 0. The van der Waals surface area contributed by atoms with Crippen molar-refractivity contribution < 1.29 is 14.7 Å². The Morgan fingerprint density at radius 2 is 1.95 bits per heavy atom. The summed E-state index contributed by atoms with van der Waals surface area (Å²) in [4.78, 5) is 29.9. The highest BCUT2D eigenvalue weighted by Crippen LogP contribution is 2.31. The Bertz CT molecular complexity index is 411. The normalized spacial score (nSPS) is 29.4. The summed E-state index contributed by atoms with van der Waals surface area (Å²) in [7, 11) is 0. The first-order chi connectivity index (χ1) is 9.93. The number of carbonyl (C=O) groups is 2. The lowest BCUT2D eigenvalue weighted by Crippen LogP contribution is -2.55. The molecule has 2 aliphatic heterocycles. The first-order valence-electron chi connectivity index (χ1n) is 7.98. The molecule has 0 aliphatic carbocycles. The number of carbonyl (C=O) groups excluding carboxylic acids is 1. The lowest BCUT2D eigenvalue weighted by Gasteiger charge is -2.34. The predicted molar refractivity (Wildman–Crippen MR) is 80.3 cm³/mol. The molecule has 1 N–H and O–H groups in total. The van der Waals surface area contributed by atoms with Crippen LogP contribution in [0.2, 0.25) is 0 Å². The lowest BCUT2D eigenvalue weighted by molar-refractivity contribution is -0.147. The minimum absolute atomic E-state index is 0.105. The maximum atomic E-state index is 12.7. The number of urea groups is 1. The largest absolute Gasteiger partial charge is 0.480 e. The van der Waals surface area contributed by atoms with Crippen LogP contribution in [0.3, 0.4) is 0 Å². The molecule has 2 saturated heterocycles. The molecule has 0 aromatic rings. The number of nitrogens with zero attached hydrogens (tertiary/aromatic N) is 3. The van der Waals surface area contributed by atoms with E-state index in [1.807, 2.05) is 4.90 Å². The van der Waals surface area contributed by atoms with E-state index in [0.29, 0.717) is 25.6 Å². The second-order valence-corrected chi connectivity index (χ2v) is 6.23. The second-order valence-electron chi connectivity index (χ2n) is 6.23. The highest BCUT2D eigenvalue weighted by atomic mass is 16.4. The van der Waals surface area contributed by atoms with Crippen LogP contribution in [0.15, 0.2) is 0 Å². The van der Waals surface area contributed by atoms with Crippen molar-refractivity contribution in [2.75, 3.05) is 32.7 Å². The fourth-order valence-corrected chi connectivity index (χ4v) is 3.62. The number of amides is 2. The Balaban J connectivity index is 2.03. The zero-order valence-corrected chi connectivity index (χ0v) is 13.3. The van der Waals surface area contributed by atoms with Crippen molar-refractivity contribution in [3.05, 3.63) is 0 Å². The quantitative estimate of drug-likeness (QED) is 0.853. The molecule has 0 saturated carbocycles. The number of likely N-dealkylation sites (N-methyl/N-ethyl adjacent to an activating group) is 1. The topological polar surface area (TPSA) is 64.1 Å². The molecule has 0 radical (unpaired) electrons. The molecule has 120 valence electrons. The summed E-state index contributed by atoms with van der Waals surface area (Å²) in [5.41, 5.74) is -1.04. The molecule has 6 nitrogen and oxygen atoms in total. The van der Waals surface area contributed by atoms with Crippen LogP contribution in [0.4, 0.5) is 4.79 Å². The molecule has 21 heavy (non-hydrogen) atoms. The summed E-state index contributed by atoms with van der Waals surface area (Å²) in [5.74, 6) is -0.896. The van der Waals surface area contributed by atoms with Gasteiger partial charge in [-0.2, -0.15) is 0 Å². The van der Waals surface area contributed by atoms with E-state index in [0.717, 1.165) is 32.5 Å². The Morgan fingerprint density at radius 1 is 1.29 bits per heavy atom. The molecule has 0 spiro atoms. The standard InChI is InChI=1S/C15H27N3O3/c1-4-16(5-2)12-7-10-17(11-12)14(21)18-9-6-8-15(18,3)13(19)20/h12H,4-11H2,1-3H3,(H,19,20). The van der Waals surface area contributed by atoms with Gasteiger partial charge >= 0.3 is 12.0 Å². The van der Waals surface area contributed by atoms with E-state index in [4.69, 9.17) is 0 Å². The minimum atomic E-state index is -1.04. The monoisotopic (exact) mass is 297 g/mol. The van der Waals surface area contributed by atoms with Crippen LogP contribution in [0.1, 0.15) is 40.0 Å². The summed E-state index contributed by atoms with van der Waals surface area (Å²) < 4.78 is 0. The Morgan fingerprint density at radius 3 is 2.52 bits per heavy atom. The number of hydrogen-bond donors (Lipinski definition) is 1. The number of rotatable bonds is 4. The van der Waals surface area contributed by atoms with Gasteiger partial charge in [0.25, 0.3) is 0 Å². The van der Waals surface area contributed by atoms with E-state index in [1.165, 1.54) is 0 Å². The third kappa shape index (κ3) is 2.86. The van der Waals surface area contributed by atoms with Gasteiger partial charge in [-0.25, -0.2) is 9.59 Å². The molecule has 0 bridgehead atoms. The van der Waals surface area contributed by atoms with E-state index in [-0.39, 0.29) is 6.03 Å². The van der Waals surface area contributed by atoms with Crippen molar-refractivity contribution >= 4 is 12.0 Å². The summed E-state index contributed by atoms with van der Waals surface area (Å²) in [6, 6.07) is 0.301. The lowest BCUT2D eigenvalue weighted by atomic mass is 10.00. The van der Waals surface area contributed by atoms with Crippen LogP contribution >= 0.6 is 0 Å². The fourth-order valence-electron chi connectivity index (χ4n) is 3.62. The smallest absolute Gasteiger partial charge is 0.329 e. The van der Waals surface area contributed by atoms with Crippen molar-refractivity contribution in [2.45, 2.75) is 51.6 Å². The SMILES string of the molecule is CCN(CC)C1CCN(C(=O)N2CCCC2(C)C(=O)O)C1. The van der Waals surface area contributed by atoms with Crippen LogP contribution in [0.25, 0.3) is 0 Å². The number of carboxylic acid groups (broad SMARTS) is 1. The predicted octanol–water partition coefficient (Wildman–Crippen LogP) is 1.46. The number of aliphatic carboxylic acids is 1. The molecule has 2 aliphatic rings. The number of carboxylic acids is 1. The molecule has 2 atom stereocenters. The van der Waals surface area contributed by atoms with Gasteiger partial charge in [0.2, 0.25) is 0 Å². The van der Waals surface area contributed by atoms with Gasteiger partial charge in [0.05, 0.1) is 0 Å². The van der Waals surface area contributed by atoms with Crippen LogP contribution in [-0.4, -0.2) is 76.1 Å². The summed E-state index contributed by atoms with van der Waals surface area (Å²) in [6.07, 6.45) is 2.29. The summed E-state index contributed by atoms with van der Waals surface area (Å²) in [5, 5.41) is 9.43. The maximum absolute atomic E-state index is 12.7. The van der Waals surface area contributed by atoms with Crippen molar-refractivity contribution in [1.29, 1.82) is 0 Å². The van der Waals surface area contributed by atoms with E-state index in [2.05, 4.69) is 18.7 Å². The molecular formula is C15H27N3O3. The van der Waals surface area contributed by atoms with Crippen LogP contribution in [0.5, 0.6) is 0 Å². The van der Waals surface area contributed by atoms with Crippen molar-refractivity contribution in [3.8, 4) is 0 Å². The van der Waals surface area contributed by atoms with Crippen LogP contribution in [-0.2, 0) is 4.79 Å². The molecule has 2 unspecified atom stereocenters. The van der Waals surface area contributed by atoms with Gasteiger partial charge in [-0.05, 0) is 39.3 Å². The molecule has 2 fully saturated rings. The highest BCUT2D eigenvalue weighted by molar-refractivity contribution is 5.86. The zero-order chi connectivity index (χ0) is 15.6. The van der Waals surface area contributed by atoms with Crippen molar-refractivity contribution in [3.63, 3.8) is 0 Å². The third-order valence-corrected chi connectivity index (χ3v) is 5.10. The van der Waals surface area contributed by atoms with E-state index in [1.54, 1.807) is 11.8 Å². The highest BCUT2D eigenvalue weighted by Gasteiger charge is 2.48. The number of hydrogen-bond acceptors (Lipinski definition) is 3. The van der Waals surface area contributed by atoms with Gasteiger partial charge in [-0.3, -0.25) is 4.90 Å². The zero-order valence-electron chi connectivity index (χ0n) is 13.3. The first kappa shape index (κ1) is 16.1. The molecule has 0 aromatic carbocycles. The molecule has 6 heteroatoms. The molecule has 2 heterocycles. The average molecular weight is 297 g/mol. The molecule has 2 rings (SSSR count). The van der Waals surface area contributed by atoms with Gasteiger partial charge in [0.1, 0.15) is 5.54 Å². The van der Waals surface area contributed by atoms with E-state index < -0.39 is 11.5 Å². The first-order valence-corrected chi connectivity index (χ1v) is 7.98. The van der Waals surface area contributed by atoms with Gasteiger partial charge in [0.15, 0.2) is 0 Å². The third-order valence-electron chi connectivity index (χ3n) is 5.10. The van der Waals surface area contributed by atoms with E-state index >= 15 is 0 Å². The molecular weight excluding hydrogens is 270 g/mol. The molecule has 0 aromatic heterocycles.